The molecule has 2 aromatic rings. The summed E-state index contributed by atoms with van der Waals surface area (Å²) in [6.45, 7) is 3.71. The van der Waals surface area contributed by atoms with Crippen LogP contribution in [0.5, 0.6) is 5.75 Å². The van der Waals surface area contributed by atoms with Crippen LogP contribution >= 0.6 is 22.9 Å². The number of halogens is 1. The first-order chi connectivity index (χ1) is 13.0. The molecule has 1 amide bonds. The van der Waals surface area contributed by atoms with Crippen LogP contribution in [0, 0.1) is 6.92 Å². The molecule has 0 aliphatic carbocycles. The average Bonchev–Trinajstić information content (AvgIpc) is 3.07. The summed E-state index contributed by atoms with van der Waals surface area (Å²) in [4.78, 5) is 30.7. The molecule has 1 aromatic heterocycles. The van der Waals surface area contributed by atoms with Crippen LogP contribution < -0.4 is 4.74 Å². The van der Waals surface area contributed by atoms with E-state index in [-0.39, 0.29) is 19.1 Å². The van der Waals surface area contributed by atoms with Gasteiger partial charge < -0.3 is 19.1 Å². The summed E-state index contributed by atoms with van der Waals surface area (Å²) in [6, 6.07) is 6.99. The number of hydrogen-bond acceptors (Lipinski definition) is 7. The van der Waals surface area contributed by atoms with Crippen molar-refractivity contribution >= 4 is 34.8 Å². The van der Waals surface area contributed by atoms with Gasteiger partial charge in [0.2, 0.25) is 0 Å². The zero-order valence-electron chi connectivity index (χ0n) is 14.8. The average molecular weight is 411 g/mol. The van der Waals surface area contributed by atoms with Crippen molar-refractivity contribution in [3.05, 3.63) is 44.9 Å². The Balaban J connectivity index is 1.52. The summed E-state index contributed by atoms with van der Waals surface area (Å²) in [5, 5.41) is 1.28. The van der Waals surface area contributed by atoms with Crippen molar-refractivity contribution in [3.63, 3.8) is 0 Å². The van der Waals surface area contributed by atoms with Crippen LogP contribution in [-0.4, -0.2) is 54.7 Å². The smallest absolute Gasteiger partial charge is 0.350 e. The summed E-state index contributed by atoms with van der Waals surface area (Å²) in [7, 11) is 0. The number of thiazole rings is 1. The van der Waals surface area contributed by atoms with Crippen molar-refractivity contribution in [2.75, 3.05) is 32.9 Å². The first kappa shape index (κ1) is 19.6. The van der Waals surface area contributed by atoms with E-state index in [1.807, 2.05) is 0 Å². The fraction of sp³-hybridized carbons (Fsp3) is 0.389. The number of morpholine rings is 1. The van der Waals surface area contributed by atoms with Crippen molar-refractivity contribution in [2.45, 2.75) is 13.5 Å². The Bertz CT molecular complexity index is 803. The zero-order chi connectivity index (χ0) is 19.2. The molecule has 1 aromatic carbocycles. The predicted octanol–water partition coefficient (Wildman–Crippen LogP) is 2.70. The number of amides is 1. The third-order valence-electron chi connectivity index (χ3n) is 3.89. The van der Waals surface area contributed by atoms with Crippen molar-refractivity contribution in [2.24, 2.45) is 0 Å². The standard InChI is InChI=1S/C18H19ClN2O5S/c1-12-17(18(23)26-11-16(22)21-6-8-24-9-7-21)27-15(20-12)10-25-14-4-2-13(19)3-5-14/h2-5H,6-11H2,1H3. The number of esters is 1. The number of carbonyl (C=O) groups excluding carboxylic acids is 2. The molecule has 1 fully saturated rings. The topological polar surface area (TPSA) is 78.0 Å². The second-order valence-corrected chi connectivity index (χ2v) is 7.35. The molecule has 2 heterocycles. The molecular weight excluding hydrogens is 392 g/mol. The van der Waals surface area contributed by atoms with Gasteiger partial charge in [0.05, 0.1) is 18.9 Å². The normalized spacial score (nSPS) is 14.1. The summed E-state index contributed by atoms with van der Waals surface area (Å²) in [5.74, 6) is -0.114. The molecule has 1 aliphatic rings. The number of ether oxygens (including phenoxy) is 3. The largest absolute Gasteiger partial charge is 0.486 e. The number of aromatic nitrogens is 1. The van der Waals surface area contributed by atoms with Crippen LogP contribution in [0.1, 0.15) is 20.4 Å². The zero-order valence-corrected chi connectivity index (χ0v) is 16.3. The Labute approximate surface area is 165 Å². The van der Waals surface area contributed by atoms with Gasteiger partial charge in [0.15, 0.2) is 6.61 Å². The Morgan fingerprint density at radius 2 is 1.96 bits per heavy atom. The van der Waals surface area contributed by atoms with E-state index >= 15 is 0 Å². The van der Waals surface area contributed by atoms with Crippen LogP contribution in [0.4, 0.5) is 0 Å². The van der Waals surface area contributed by atoms with Crippen molar-refractivity contribution in [1.82, 2.24) is 9.88 Å². The maximum Gasteiger partial charge on any atom is 0.350 e. The molecular formula is C18H19ClN2O5S. The molecule has 0 spiro atoms. The quantitative estimate of drug-likeness (QED) is 0.681. The van der Waals surface area contributed by atoms with Gasteiger partial charge >= 0.3 is 5.97 Å². The molecule has 7 nitrogen and oxygen atoms in total. The number of benzene rings is 1. The van der Waals surface area contributed by atoms with Crippen molar-refractivity contribution in [1.29, 1.82) is 0 Å². The molecule has 27 heavy (non-hydrogen) atoms. The Hall–Kier alpha value is -2.16. The molecule has 1 saturated heterocycles. The van der Waals surface area contributed by atoms with Crippen LogP contribution in [0.15, 0.2) is 24.3 Å². The van der Waals surface area contributed by atoms with Gasteiger partial charge in [-0.3, -0.25) is 4.79 Å². The third kappa shape index (κ3) is 5.41. The Kier molecular flexibility index (Phi) is 6.65. The van der Waals surface area contributed by atoms with E-state index in [9.17, 15) is 9.59 Å². The molecule has 3 rings (SSSR count). The lowest BCUT2D eigenvalue weighted by atomic mass is 10.3. The van der Waals surface area contributed by atoms with Crippen LogP contribution in [0.25, 0.3) is 0 Å². The minimum atomic E-state index is -0.552. The lowest BCUT2D eigenvalue weighted by molar-refractivity contribution is -0.138. The van der Waals surface area contributed by atoms with Gasteiger partial charge in [-0.2, -0.15) is 0 Å². The highest BCUT2D eigenvalue weighted by molar-refractivity contribution is 7.13. The minimum absolute atomic E-state index is 0.222. The number of carbonyl (C=O) groups is 2. The number of hydrogen-bond donors (Lipinski definition) is 0. The molecule has 9 heteroatoms. The Morgan fingerprint density at radius 1 is 1.26 bits per heavy atom. The van der Waals surface area contributed by atoms with E-state index in [0.717, 1.165) is 0 Å². The molecule has 0 N–H and O–H groups in total. The molecule has 144 valence electrons. The summed E-state index contributed by atoms with van der Waals surface area (Å²) in [6.07, 6.45) is 0. The van der Waals surface area contributed by atoms with Crippen LogP contribution in [-0.2, 0) is 20.9 Å². The fourth-order valence-electron chi connectivity index (χ4n) is 2.48. The first-order valence-corrected chi connectivity index (χ1v) is 9.59. The molecule has 0 atom stereocenters. The highest BCUT2D eigenvalue weighted by Crippen LogP contribution is 2.22. The van der Waals surface area contributed by atoms with Gasteiger partial charge in [0.25, 0.3) is 5.91 Å². The molecule has 1 aliphatic heterocycles. The van der Waals surface area contributed by atoms with E-state index in [2.05, 4.69) is 4.98 Å². The van der Waals surface area contributed by atoms with Gasteiger partial charge in [0, 0.05) is 18.1 Å². The predicted molar refractivity (Wildman–Crippen MR) is 100 cm³/mol. The lowest BCUT2D eigenvalue weighted by Crippen LogP contribution is -2.42. The number of aryl methyl sites for hydroxylation is 1. The number of rotatable bonds is 6. The second-order valence-electron chi connectivity index (χ2n) is 5.83. The SMILES string of the molecule is Cc1nc(COc2ccc(Cl)cc2)sc1C(=O)OCC(=O)N1CCOCC1. The lowest BCUT2D eigenvalue weighted by Gasteiger charge is -2.26. The maximum atomic E-state index is 12.3. The van der Waals surface area contributed by atoms with E-state index < -0.39 is 5.97 Å². The minimum Gasteiger partial charge on any atom is -0.486 e. The molecule has 0 saturated carbocycles. The third-order valence-corrected chi connectivity index (χ3v) is 5.26. The summed E-state index contributed by atoms with van der Waals surface area (Å²) >= 11 is 7.03. The van der Waals surface area contributed by atoms with E-state index in [4.69, 9.17) is 25.8 Å². The van der Waals surface area contributed by atoms with Gasteiger partial charge in [0.1, 0.15) is 22.2 Å². The van der Waals surface area contributed by atoms with E-state index in [1.165, 1.54) is 11.3 Å². The summed E-state index contributed by atoms with van der Waals surface area (Å²) in [5.41, 5.74) is 0.554. The number of nitrogens with zero attached hydrogens (tertiary/aromatic N) is 2. The monoisotopic (exact) mass is 410 g/mol. The summed E-state index contributed by atoms with van der Waals surface area (Å²) < 4.78 is 16.0. The molecule has 0 radical (unpaired) electrons. The van der Waals surface area contributed by atoms with E-state index in [1.54, 1.807) is 36.1 Å². The van der Waals surface area contributed by atoms with E-state index in [0.29, 0.717) is 52.7 Å². The van der Waals surface area contributed by atoms with Gasteiger partial charge in [-0.1, -0.05) is 11.6 Å². The van der Waals surface area contributed by atoms with Crippen molar-refractivity contribution < 1.29 is 23.8 Å². The highest BCUT2D eigenvalue weighted by atomic mass is 35.5. The fourth-order valence-corrected chi connectivity index (χ4v) is 3.47. The molecule has 0 unspecified atom stereocenters. The van der Waals surface area contributed by atoms with Gasteiger partial charge in [-0.15, -0.1) is 11.3 Å². The van der Waals surface area contributed by atoms with Crippen LogP contribution in [0.3, 0.4) is 0 Å². The van der Waals surface area contributed by atoms with Crippen LogP contribution in [0.2, 0.25) is 5.02 Å². The second kappa shape index (κ2) is 9.16. The Morgan fingerprint density at radius 3 is 2.67 bits per heavy atom. The maximum absolute atomic E-state index is 12.3. The van der Waals surface area contributed by atoms with Crippen molar-refractivity contribution in [3.8, 4) is 5.75 Å². The van der Waals surface area contributed by atoms with Gasteiger partial charge in [-0.05, 0) is 31.2 Å². The van der Waals surface area contributed by atoms with Gasteiger partial charge in [-0.25, -0.2) is 9.78 Å². The highest BCUT2D eigenvalue weighted by Gasteiger charge is 2.21. The first-order valence-electron chi connectivity index (χ1n) is 8.40. The molecule has 0 bridgehead atoms.